The second-order valence-electron chi connectivity index (χ2n) is 6.05. The van der Waals surface area contributed by atoms with Crippen LogP contribution in [0.1, 0.15) is 45.3 Å². The van der Waals surface area contributed by atoms with Crippen LogP contribution in [0.3, 0.4) is 0 Å². The molecule has 7 heteroatoms. The molecule has 1 atom stereocenters. The highest BCUT2D eigenvalue weighted by atomic mass is 35.5. The minimum absolute atomic E-state index is 0.140. The maximum absolute atomic E-state index is 12.1. The lowest BCUT2D eigenvalue weighted by Crippen LogP contribution is -2.43. The minimum atomic E-state index is -0.469. The molecule has 20 heavy (non-hydrogen) atoms. The first-order valence-corrected chi connectivity index (χ1v) is 7.37. The first kappa shape index (κ1) is 15.1. The van der Waals surface area contributed by atoms with Gasteiger partial charge >= 0.3 is 6.09 Å². The summed E-state index contributed by atoms with van der Waals surface area (Å²) in [6.07, 6.45) is 3.49. The van der Waals surface area contributed by atoms with Crippen LogP contribution in [0, 0.1) is 0 Å². The van der Waals surface area contributed by atoms with Gasteiger partial charge in [-0.1, -0.05) is 5.21 Å². The van der Waals surface area contributed by atoms with Gasteiger partial charge in [0, 0.05) is 13.1 Å². The van der Waals surface area contributed by atoms with Gasteiger partial charge < -0.3 is 9.64 Å². The molecule has 0 saturated carbocycles. The molecule has 0 radical (unpaired) electrons. The molecule has 2 heterocycles. The van der Waals surface area contributed by atoms with E-state index in [1.165, 1.54) is 0 Å². The van der Waals surface area contributed by atoms with Crippen molar-refractivity contribution in [2.75, 3.05) is 13.1 Å². The maximum atomic E-state index is 12.1. The van der Waals surface area contributed by atoms with Gasteiger partial charge in [-0.05, 0) is 33.6 Å². The maximum Gasteiger partial charge on any atom is 0.410 e. The highest BCUT2D eigenvalue weighted by Crippen LogP contribution is 2.22. The molecule has 2 rings (SSSR count). The fourth-order valence-corrected chi connectivity index (χ4v) is 2.34. The van der Waals surface area contributed by atoms with Crippen molar-refractivity contribution >= 4 is 17.7 Å². The first-order chi connectivity index (χ1) is 9.39. The van der Waals surface area contributed by atoms with Crippen LogP contribution in [-0.2, 0) is 10.6 Å². The number of halogens is 1. The SMILES string of the molecule is CC(C)(C)OC(=O)N1CCC[C@H](n2cc(CCl)nn2)C1. The number of hydrogen-bond acceptors (Lipinski definition) is 4. The van der Waals surface area contributed by atoms with Crippen molar-refractivity contribution in [1.82, 2.24) is 19.9 Å². The Hall–Kier alpha value is -1.30. The molecule has 1 aromatic rings. The summed E-state index contributed by atoms with van der Waals surface area (Å²) in [6, 6.07) is 0.140. The van der Waals surface area contributed by atoms with Crippen molar-refractivity contribution in [2.24, 2.45) is 0 Å². The highest BCUT2D eigenvalue weighted by molar-refractivity contribution is 6.16. The quantitative estimate of drug-likeness (QED) is 0.788. The van der Waals surface area contributed by atoms with Gasteiger partial charge in [0.2, 0.25) is 0 Å². The number of likely N-dealkylation sites (tertiary alicyclic amines) is 1. The van der Waals surface area contributed by atoms with Crippen molar-refractivity contribution in [1.29, 1.82) is 0 Å². The second-order valence-corrected chi connectivity index (χ2v) is 6.31. The second kappa shape index (κ2) is 5.99. The summed E-state index contributed by atoms with van der Waals surface area (Å²) in [4.78, 5) is 13.8. The Morgan fingerprint density at radius 3 is 2.90 bits per heavy atom. The lowest BCUT2D eigenvalue weighted by Gasteiger charge is -2.33. The molecule has 6 nitrogen and oxygen atoms in total. The summed E-state index contributed by atoms with van der Waals surface area (Å²) in [5.41, 5.74) is 0.282. The van der Waals surface area contributed by atoms with E-state index < -0.39 is 5.60 Å². The van der Waals surface area contributed by atoms with Crippen LogP contribution in [0.4, 0.5) is 4.79 Å². The van der Waals surface area contributed by atoms with Gasteiger partial charge in [0.25, 0.3) is 0 Å². The summed E-state index contributed by atoms with van der Waals surface area (Å²) < 4.78 is 7.21. The average molecular weight is 301 g/mol. The molecule has 1 amide bonds. The summed E-state index contributed by atoms with van der Waals surface area (Å²) in [7, 11) is 0. The molecule has 0 spiro atoms. The van der Waals surface area contributed by atoms with Crippen molar-refractivity contribution in [3.05, 3.63) is 11.9 Å². The number of carbonyl (C=O) groups excluding carboxylic acids is 1. The van der Waals surface area contributed by atoms with Crippen molar-refractivity contribution < 1.29 is 9.53 Å². The lowest BCUT2D eigenvalue weighted by molar-refractivity contribution is 0.0166. The van der Waals surface area contributed by atoms with Gasteiger partial charge in [0.05, 0.1) is 23.8 Å². The summed E-state index contributed by atoms with van der Waals surface area (Å²) >= 11 is 5.73. The standard InChI is InChI=1S/C13H21ClN4O2/c1-13(2,3)20-12(19)17-6-4-5-11(9-17)18-8-10(7-14)15-16-18/h8,11H,4-7,9H2,1-3H3/t11-/m0/s1. The van der Waals surface area contributed by atoms with Crippen LogP contribution in [0.25, 0.3) is 0 Å². The van der Waals surface area contributed by atoms with Gasteiger partial charge in [-0.2, -0.15) is 0 Å². The zero-order chi connectivity index (χ0) is 14.8. The van der Waals surface area contributed by atoms with Gasteiger partial charge in [0.15, 0.2) is 0 Å². The Labute approximate surface area is 124 Å². The summed E-state index contributed by atoms with van der Waals surface area (Å²) in [5, 5.41) is 8.07. The summed E-state index contributed by atoms with van der Waals surface area (Å²) in [5.74, 6) is 0.350. The smallest absolute Gasteiger partial charge is 0.410 e. The molecule has 1 aromatic heterocycles. The van der Waals surface area contributed by atoms with E-state index in [2.05, 4.69) is 10.3 Å². The molecule has 0 aliphatic carbocycles. The molecule has 0 unspecified atom stereocenters. The summed E-state index contributed by atoms with van der Waals surface area (Å²) in [6.45, 7) is 6.94. The van der Waals surface area contributed by atoms with Crippen LogP contribution in [0.15, 0.2) is 6.20 Å². The monoisotopic (exact) mass is 300 g/mol. The van der Waals surface area contributed by atoms with Gasteiger partial charge in [-0.3, -0.25) is 0 Å². The Morgan fingerprint density at radius 1 is 1.55 bits per heavy atom. The van der Waals surface area contributed by atoms with E-state index in [9.17, 15) is 4.79 Å². The molecule has 1 aliphatic heterocycles. The van der Waals surface area contributed by atoms with Crippen LogP contribution < -0.4 is 0 Å². The third-order valence-electron chi connectivity index (χ3n) is 3.12. The van der Waals surface area contributed by atoms with Crippen molar-refractivity contribution in [2.45, 2.75) is 51.1 Å². The Morgan fingerprint density at radius 2 is 2.30 bits per heavy atom. The van der Waals surface area contributed by atoms with Crippen LogP contribution in [0.5, 0.6) is 0 Å². The molecule has 0 N–H and O–H groups in total. The number of piperidine rings is 1. The number of alkyl halides is 1. The Bertz CT molecular complexity index is 469. The van der Waals surface area contributed by atoms with Crippen molar-refractivity contribution in [3.63, 3.8) is 0 Å². The van der Waals surface area contributed by atoms with Gasteiger partial charge in [-0.25, -0.2) is 9.48 Å². The molecule has 1 aliphatic rings. The zero-order valence-electron chi connectivity index (χ0n) is 12.2. The van der Waals surface area contributed by atoms with Crippen molar-refractivity contribution in [3.8, 4) is 0 Å². The molecule has 0 bridgehead atoms. The fraction of sp³-hybridized carbons (Fsp3) is 0.769. The third-order valence-corrected chi connectivity index (χ3v) is 3.39. The first-order valence-electron chi connectivity index (χ1n) is 6.83. The van der Waals surface area contributed by atoms with E-state index in [1.54, 1.807) is 9.58 Å². The molecule has 1 fully saturated rings. The number of rotatable bonds is 2. The van der Waals surface area contributed by atoms with Crippen LogP contribution >= 0.6 is 11.6 Å². The topological polar surface area (TPSA) is 60.2 Å². The van der Waals surface area contributed by atoms with E-state index in [4.69, 9.17) is 16.3 Å². The van der Waals surface area contributed by atoms with E-state index in [-0.39, 0.29) is 12.1 Å². The normalized spacial score (nSPS) is 20.0. The van der Waals surface area contributed by atoms with Gasteiger partial charge in [-0.15, -0.1) is 16.7 Å². The fourth-order valence-electron chi connectivity index (χ4n) is 2.22. The minimum Gasteiger partial charge on any atom is -0.444 e. The number of aromatic nitrogens is 3. The molecule has 1 saturated heterocycles. The van der Waals surface area contributed by atoms with E-state index in [0.717, 1.165) is 25.1 Å². The zero-order valence-corrected chi connectivity index (χ0v) is 12.9. The number of amides is 1. The number of nitrogens with zero attached hydrogens (tertiary/aromatic N) is 4. The van der Waals surface area contributed by atoms with E-state index in [0.29, 0.717) is 12.4 Å². The largest absolute Gasteiger partial charge is 0.444 e. The molecule has 0 aromatic carbocycles. The molecular formula is C13H21ClN4O2. The number of carbonyl (C=O) groups is 1. The lowest BCUT2D eigenvalue weighted by atomic mass is 10.1. The number of ether oxygens (including phenoxy) is 1. The number of hydrogen-bond donors (Lipinski definition) is 0. The average Bonchev–Trinajstić information content (AvgIpc) is 2.85. The third kappa shape index (κ3) is 3.85. The van der Waals surface area contributed by atoms with Crippen LogP contribution in [-0.4, -0.2) is 44.7 Å². The molecular weight excluding hydrogens is 280 g/mol. The van der Waals surface area contributed by atoms with E-state index in [1.807, 2.05) is 27.0 Å². The highest BCUT2D eigenvalue weighted by Gasteiger charge is 2.28. The predicted molar refractivity (Wildman–Crippen MR) is 75.7 cm³/mol. The van der Waals surface area contributed by atoms with E-state index >= 15 is 0 Å². The Balaban J connectivity index is 1.99. The Kier molecular flexibility index (Phi) is 4.52. The molecule has 112 valence electrons. The van der Waals surface area contributed by atoms with Crippen LogP contribution in [0.2, 0.25) is 0 Å². The van der Waals surface area contributed by atoms with Gasteiger partial charge in [0.1, 0.15) is 5.60 Å². The predicted octanol–water partition coefficient (Wildman–Crippen LogP) is 2.59.